The first-order valence-corrected chi connectivity index (χ1v) is 10.3. The van der Waals surface area contributed by atoms with Gasteiger partial charge in [-0.25, -0.2) is 18.1 Å². The van der Waals surface area contributed by atoms with E-state index in [1.54, 1.807) is 26.4 Å². The molecule has 0 saturated heterocycles. The minimum absolute atomic E-state index is 0.113. The van der Waals surface area contributed by atoms with Crippen LogP contribution in [0.4, 0.5) is 5.82 Å². The van der Waals surface area contributed by atoms with Gasteiger partial charge in [-0.2, -0.15) is 0 Å². The van der Waals surface area contributed by atoms with E-state index in [9.17, 15) is 8.42 Å². The van der Waals surface area contributed by atoms with Gasteiger partial charge in [-0.15, -0.1) is 0 Å². The molecule has 7 nitrogen and oxygen atoms in total. The van der Waals surface area contributed by atoms with E-state index in [1.807, 2.05) is 32.0 Å². The smallest absolute Gasteiger partial charge is 0.242 e. The van der Waals surface area contributed by atoms with E-state index in [4.69, 9.17) is 9.47 Å². The Morgan fingerprint density at radius 3 is 2.52 bits per heavy atom. The highest BCUT2D eigenvalue weighted by molar-refractivity contribution is 7.89. The molecule has 0 fully saturated rings. The van der Waals surface area contributed by atoms with Gasteiger partial charge in [-0.3, -0.25) is 0 Å². The molecule has 1 aromatic heterocycles. The zero-order valence-electron chi connectivity index (χ0n) is 16.2. The monoisotopic (exact) mass is 393 g/mol. The topological polar surface area (TPSA) is 89.6 Å². The maximum absolute atomic E-state index is 12.4. The fourth-order valence-corrected chi connectivity index (χ4v) is 3.90. The maximum atomic E-state index is 12.4. The van der Waals surface area contributed by atoms with Crippen molar-refractivity contribution in [2.45, 2.75) is 44.2 Å². The van der Waals surface area contributed by atoms with Gasteiger partial charge >= 0.3 is 0 Å². The summed E-state index contributed by atoms with van der Waals surface area (Å²) >= 11 is 0. The molecule has 0 spiro atoms. The van der Waals surface area contributed by atoms with Crippen molar-refractivity contribution in [1.29, 1.82) is 0 Å². The standard InChI is InChI=1S/C19H27N3O4S/c1-5-6-14(2)22-27(23,24)17-8-10-19(21-13-17)20-12-15-11-16(25-3)7-9-18(15)26-4/h7-11,13-14,22H,5-6,12H2,1-4H3,(H,20,21). The molecule has 1 unspecified atom stereocenters. The summed E-state index contributed by atoms with van der Waals surface area (Å²) in [5.74, 6) is 2.03. The van der Waals surface area contributed by atoms with Crippen molar-refractivity contribution in [3.05, 3.63) is 42.1 Å². The molecule has 0 radical (unpaired) electrons. The van der Waals surface area contributed by atoms with E-state index < -0.39 is 10.0 Å². The van der Waals surface area contributed by atoms with Gasteiger partial charge in [0.1, 0.15) is 22.2 Å². The fourth-order valence-electron chi connectivity index (χ4n) is 2.67. The molecule has 27 heavy (non-hydrogen) atoms. The lowest BCUT2D eigenvalue weighted by Crippen LogP contribution is -2.32. The zero-order valence-corrected chi connectivity index (χ0v) is 17.0. The Morgan fingerprint density at radius 1 is 1.15 bits per heavy atom. The molecule has 0 saturated carbocycles. The van der Waals surface area contributed by atoms with Gasteiger partial charge < -0.3 is 14.8 Å². The van der Waals surface area contributed by atoms with Crippen molar-refractivity contribution < 1.29 is 17.9 Å². The average Bonchev–Trinajstić information content (AvgIpc) is 2.66. The van der Waals surface area contributed by atoms with Crippen molar-refractivity contribution in [2.75, 3.05) is 19.5 Å². The van der Waals surface area contributed by atoms with Crippen molar-refractivity contribution in [1.82, 2.24) is 9.71 Å². The van der Waals surface area contributed by atoms with Gasteiger partial charge in [0.25, 0.3) is 0 Å². The molecule has 0 bridgehead atoms. The van der Waals surface area contributed by atoms with Crippen molar-refractivity contribution in [2.24, 2.45) is 0 Å². The van der Waals surface area contributed by atoms with Crippen molar-refractivity contribution in [3.63, 3.8) is 0 Å². The molecule has 1 heterocycles. The molecule has 8 heteroatoms. The lowest BCUT2D eigenvalue weighted by atomic mass is 10.2. The molecule has 0 aliphatic rings. The number of sulfonamides is 1. The second-order valence-electron chi connectivity index (χ2n) is 6.22. The van der Waals surface area contributed by atoms with E-state index >= 15 is 0 Å². The fraction of sp³-hybridized carbons (Fsp3) is 0.421. The first-order chi connectivity index (χ1) is 12.9. The number of hydrogen-bond donors (Lipinski definition) is 2. The van der Waals surface area contributed by atoms with E-state index in [1.165, 1.54) is 6.20 Å². The van der Waals surface area contributed by atoms with Crippen LogP contribution in [0.15, 0.2) is 41.4 Å². The molecule has 0 aliphatic heterocycles. The predicted molar refractivity (Wildman–Crippen MR) is 106 cm³/mol. The number of rotatable bonds is 10. The molecule has 1 atom stereocenters. The van der Waals surface area contributed by atoms with Crippen LogP contribution in [-0.4, -0.2) is 33.7 Å². The Bertz CT molecular complexity index is 839. The summed E-state index contributed by atoms with van der Waals surface area (Å²) in [4.78, 5) is 4.36. The van der Waals surface area contributed by atoms with Gasteiger partial charge in [0, 0.05) is 24.3 Å². The third-order valence-corrected chi connectivity index (χ3v) is 5.65. The van der Waals surface area contributed by atoms with Crippen LogP contribution in [0.2, 0.25) is 0 Å². The highest BCUT2D eigenvalue weighted by Crippen LogP contribution is 2.24. The van der Waals surface area contributed by atoms with Crippen LogP contribution in [0.1, 0.15) is 32.3 Å². The van der Waals surface area contributed by atoms with Crippen molar-refractivity contribution in [3.8, 4) is 11.5 Å². The van der Waals surface area contributed by atoms with Crippen LogP contribution in [-0.2, 0) is 16.6 Å². The predicted octanol–water partition coefficient (Wildman–Crippen LogP) is 3.18. The second-order valence-corrected chi connectivity index (χ2v) is 7.94. The Hall–Kier alpha value is -2.32. The third-order valence-electron chi connectivity index (χ3n) is 4.07. The summed E-state index contributed by atoms with van der Waals surface area (Å²) in [5, 5.41) is 3.16. The SMILES string of the molecule is CCCC(C)NS(=O)(=O)c1ccc(NCc2cc(OC)ccc2OC)nc1. The number of methoxy groups -OCH3 is 2. The summed E-state index contributed by atoms with van der Waals surface area (Å²) in [5.41, 5.74) is 0.908. The Morgan fingerprint density at radius 2 is 1.93 bits per heavy atom. The van der Waals surface area contributed by atoms with Gasteiger partial charge in [0.05, 0.1) is 14.2 Å². The lowest BCUT2D eigenvalue weighted by molar-refractivity contribution is 0.399. The molecular weight excluding hydrogens is 366 g/mol. The Kier molecular flexibility index (Phi) is 7.44. The van der Waals surface area contributed by atoms with E-state index in [0.717, 1.165) is 29.9 Å². The molecule has 148 valence electrons. The Labute approximate surface area is 161 Å². The zero-order chi connectivity index (χ0) is 19.9. The van der Waals surface area contributed by atoms with E-state index in [0.29, 0.717) is 12.4 Å². The van der Waals surface area contributed by atoms with Gasteiger partial charge in [0.15, 0.2) is 0 Å². The first-order valence-electron chi connectivity index (χ1n) is 8.82. The summed E-state index contributed by atoms with van der Waals surface area (Å²) in [6.07, 6.45) is 3.05. The number of anilines is 1. The van der Waals surface area contributed by atoms with E-state index in [2.05, 4.69) is 15.0 Å². The first kappa shape index (κ1) is 21.0. The highest BCUT2D eigenvalue weighted by Gasteiger charge is 2.17. The average molecular weight is 394 g/mol. The number of nitrogens with zero attached hydrogens (tertiary/aromatic N) is 1. The minimum atomic E-state index is -3.56. The maximum Gasteiger partial charge on any atom is 0.242 e. The van der Waals surface area contributed by atoms with Crippen LogP contribution >= 0.6 is 0 Å². The number of ether oxygens (including phenoxy) is 2. The Balaban J connectivity index is 2.06. The number of nitrogens with one attached hydrogen (secondary N) is 2. The van der Waals surface area contributed by atoms with Crippen LogP contribution in [0.5, 0.6) is 11.5 Å². The van der Waals surface area contributed by atoms with Gasteiger partial charge in [0.2, 0.25) is 10.0 Å². The molecule has 0 amide bonds. The second kappa shape index (κ2) is 9.57. The quantitative estimate of drug-likeness (QED) is 0.644. The van der Waals surface area contributed by atoms with Gasteiger partial charge in [-0.05, 0) is 43.7 Å². The van der Waals surface area contributed by atoms with Gasteiger partial charge in [-0.1, -0.05) is 13.3 Å². The van der Waals surface area contributed by atoms with Crippen LogP contribution in [0.3, 0.4) is 0 Å². The third kappa shape index (κ3) is 5.83. The van der Waals surface area contributed by atoms with Crippen LogP contribution in [0, 0.1) is 0 Å². The molecule has 2 aromatic rings. The number of pyridine rings is 1. The summed E-state index contributed by atoms with van der Waals surface area (Å²) in [6.45, 7) is 4.33. The molecule has 0 aliphatic carbocycles. The molecule has 2 N–H and O–H groups in total. The summed E-state index contributed by atoms with van der Waals surface area (Å²) < 4.78 is 38.0. The minimum Gasteiger partial charge on any atom is -0.497 e. The lowest BCUT2D eigenvalue weighted by Gasteiger charge is -2.14. The summed E-state index contributed by atoms with van der Waals surface area (Å²) in [6, 6.07) is 8.61. The summed E-state index contributed by atoms with van der Waals surface area (Å²) in [7, 11) is -0.349. The number of benzene rings is 1. The van der Waals surface area contributed by atoms with Crippen molar-refractivity contribution >= 4 is 15.8 Å². The van der Waals surface area contributed by atoms with Crippen LogP contribution in [0.25, 0.3) is 0 Å². The van der Waals surface area contributed by atoms with E-state index in [-0.39, 0.29) is 10.9 Å². The molecule has 1 aromatic carbocycles. The number of hydrogen-bond acceptors (Lipinski definition) is 6. The molecule has 2 rings (SSSR count). The molecular formula is C19H27N3O4S. The highest BCUT2D eigenvalue weighted by atomic mass is 32.2. The van der Waals surface area contributed by atoms with Crippen LogP contribution < -0.4 is 19.5 Å². The number of aromatic nitrogens is 1. The largest absolute Gasteiger partial charge is 0.497 e. The normalized spacial score (nSPS) is 12.4.